The fourth-order valence-electron chi connectivity index (χ4n) is 1.51. The summed E-state index contributed by atoms with van der Waals surface area (Å²) < 4.78 is 0. The molecule has 0 bridgehead atoms. The Kier molecular flexibility index (Phi) is 4.31. The summed E-state index contributed by atoms with van der Waals surface area (Å²) in [5.74, 6) is 0.786. The predicted octanol–water partition coefficient (Wildman–Crippen LogP) is 0.970. The fraction of sp³-hybridized carbons (Fsp3) is 0.455. The first-order valence-electron chi connectivity index (χ1n) is 5.61. The molecule has 2 saturated heterocycles. The molecule has 2 heterocycles. The van der Waals surface area contributed by atoms with Crippen molar-refractivity contribution in [1.82, 2.24) is 9.80 Å². The van der Waals surface area contributed by atoms with Gasteiger partial charge >= 0.3 is 0 Å². The first-order chi connectivity index (χ1) is 8.99. The third-order valence-corrected chi connectivity index (χ3v) is 4.45. The van der Waals surface area contributed by atoms with Gasteiger partial charge in [-0.2, -0.15) is 0 Å². The first kappa shape index (κ1) is 14.1. The molecule has 0 aromatic rings. The van der Waals surface area contributed by atoms with Crippen LogP contribution in [0, 0.1) is 0 Å². The number of rotatable bonds is 3. The molecular weight excluding hydrogens is 284 g/mol. The molecule has 2 rings (SSSR count). The molecule has 2 fully saturated rings. The van der Waals surface area contributed by atoms with Gasteiger partial charge in [-0.05, 0) is 6.92 Å². The Bertz CT molecular complexity index is 501. The second-order valence-electron chi connectivity index (χ2n) is 4.23. The lowest BCUT2D eigenvalue weighted by atomic mass is 10.3. The number of amidine groups is 2. The molecule has 0 atom stereocenters. The van der Waals surface area contributed by atoms with Gasteiger partial charge in [0.15, 0.2) is 10.3 Å². The van der Waals surface area contributed by atoms with Crippen molar-refractivity contribution >= 4 is 45.7 Å². The molecule has 0 radical (unpaired) electrons. The summed E-state index contributed by atoms with van der Waals surface area (Å²) in [5.41, 5.74) is 0.888. The van der Waals surface area contributed by atoms with Crippen molar-refractivity contribution in [2.45, 2.75) is 6.92 Å². The highest BCUT2D eigenvalue weighted by Gasteiger charge is 2.29. The van der Waals surface area contributed by atoms with Crippen LogP contribution < -0.4 is 0 Å². The second-order valence-corrected chi connectivity index (χ2v) is 6.12. The van der Waals surface area contributed by atoms with E-state index in [0.29, 0.717) is 28.4 Å². The van der Waals surface area contributed by atoms with Crippen molar-refractivity contribution in [3.63, 3.8) is 0 Å². The van der Waals surface area contributed by atoms with E-state index in [-0.39, 0.29) is 11.8 Å². The zero-order valence-electron chi connectivity index (χ0n) is 10.8. The number of hydrogen-bond acceptors (Lipinski definition) is 6. The summed E-state index contributed by atoms with van der Waals surface area (Å²) in [6.07, 6.45) is 0. The highest BCUT2D eigenvalue weighted by atomic mass is 32.2. The van der Waals surface area contributed by atoms with Gasteiger partial charge in [0, 0.05) is 13.6 Å². The van der Waals surface area contributed by atoms with Crippen molar-refractivity contribution in [2.24, 2.45) is 10.2 Å². The third-order valence-electron chi connectivity index (χ3n) is 2.49. The van der Waals surface area contributed by atoms with E-state index in [1.165, 1.54) is 28.4 Å². The predicted molar refractivity (Wildman–Crippen MR) is 79.1 cm³/mol. The minimum absolute atomic E-state index is 0.00968. The molecule has 2 aliphatic rings. The van der Waals surface area contributed by atoms with Crippen molar-refractivity contribution in [3.8, 4) is 0 Å². The van der Waals surface area contributed by atoms with Crippen molar-refractivity contribution in [2.75, 3.05) is 25.1 Å². The molecule has 0 unspecified atom stereocenters. The molecule has 2 aliphatic heterocycles. The van der Waals surface area contributed by atoms with Crippen LogP contribution in [0.25, 0.3) is 0 Å². The number of hydrogen-bond donors (Lipinski definition) is 0. The average Bonchev–Trinajstić information content (AvgIpc) is 2.84. The maximum Gasteiger partial charge on any atom is 0.239 e. The molecule has 0 saturated carbocycles. The molecule has 0 aromatic heterocycles. The lowest BCUT2D eigenvalue weighted by Crippen LogP contribution is -2.31. The van der Waals surface area contributed by atoms with Gasteiger partial charge in [0.05, 0.1) is 11.5 Å². The van der Waals surface area contributed by atoms with Crippen molar-refractivity contribution < 1.29 is 9.59 Å². The summed E-state index contributed by atoms with van der Waals surface area (Å²) in [6.45, 7) is 6.11. The van der Waals surface area contributed by atoms with Crippen LogP contribution in [-0.2, 0) is 9.59 Å². The Hall–Kier alpha value is -1.28. The standard InChI is InChI=1S/C11H14N4O2S2/c1-7(2)4-15-9(17)6-19-11(15)13-12-10-14(3)8(16)5-18-10/h1,4-6H2,2-3H3/b12-10+,13-11+. The van der Waals surface area contributed by atoms with E-state index < -0.39 is 0 Å². The maximum atomic E-state index is 11.7. The highest BCUT2D eigenvalue weighted by Crippen LogP contribution is 2.22. The molecule has 0 spiro atoms. The van der Waals surface area contributed by atoms with Crippen molar-refractivity contribution in [3.05, 3.63) is 12.2 Å². The average molecular weight is 298 g/mol. The highest BCUT2D eigenvalue weighted by molar-refractivity contribution is 8.15. The molecular formula is C11H14N4O2S2. The minimum atomic E-state index is 0.00968. The lowest BCUT2D eigenvalue weighted by Gasteiger charge is -2.14. The zero-order chi connectivity index (χ0) is 14.0. The Balaban J connectivity index is 2.14. The van der Waals surface area contributed by atoms with E-state index in [9.17, 15) is 9.59 Å². The topological polar surface area (TPSA) is 65.3 Å². The second kappa shape index (κ2) is 5.79. The van der Waals surface area contributed by atoms with Crippen LogP contribution in [0.5, 0.6) is 0 Å². The molecule has 8 heteroatoms. The Morgan fingerprint density at radius 2 is 1.79 bits per heavy atom. The van der Waals surface area contributed by atoms with E-state index in [0.717, 1.165) is 5.57 Å². The van der Waals surface area contributed by atoms with Gasteiger partial charge in [-0.25, -0.2) is 0 Å². The Morgan fingerprint density at radius 1 is 1.21 bits per heavy atom. The normalized spacial score (nSPS) is 24.1. The smallest absolute Gasteiger partial charge is 0.239 e. The Morgan fingerprint density at radius 3 is 2.37 bits per heavy atom. The van der Waals surface area contributed by atoms with Crippen LogP contribution in [0.3, 0.4) is 0 Å². The van der Waals surface area contributed by atoms with E-state index in [2.05, 4.69) is 16.8 Å². The van der Waals surface area contributed by atoms with Crippen LogP contribution in [0.15, 0.2) is 22.4 Å². The lowest BCUT2D eigenvalue weighted by molar-refractivity contribution is -0.124. The number of nitrogens with zero attached hydrogens (tertiary/aromatic N) is 4. The van der Waals surface area contributed by atoms with Gasteiger partial charge in [-0.15, -0.1) is 10.2 Å². The number of carbonyl (C=O) groups is 2. The molecule has 6 nitrogen and oxygen atoms in total. The largest absolute Gasteiger partial charge is 0.292 e. The molecule has 19 heavy (non-hydrogen) atoms. The summed E-state index contributed by atoms with van der Waals surface area (Å²) >= 11 is 2.70. The molecule has 0 aromatic carbocycles. The number of carbonyl (C=O) groups excluding carboxylic acids is 2. The first-order valence-corrected chi connectivity index (χ1v) is 7.58. The van der Waals surface area contributed by atoms with Crippen molar-refractivity contribution in [1.29, 1.82) is 0 Å². The molecule has 0 N–H and O–H groups in total. The van der Waals surface area contributed by atoms with E-state index in [1.54, 1.807) is 11.9 Å². The van der Waals surface area contributed by atoms with Crippen LogP contribution >= 0.6 is 23.5 Å². The van der Waals surface area contributed by atoms with E-state index in [1.807, 2.05) is 6.92 Å². The summed E-state index contributed by atoms with van der Waals surface area (Å²) in [6, 6.07) is 0. The van der Waals surface area contributed by atoms with Crippen LogP contribution in [-0.4, -0.2) is 57.0 Å². The maximum absolute atomic E-state index is 11.7. The fourth-order valence-corrected chi connectivity index (χ4v) is 3.17. The summed E-state index contributed by atoms with van der Waals surface area (Å²) in [5, 5.41) is 9.28. The molecule has 0 aliphatic carbocycles. The summed E-state index contributed by atoms with van der Waals surface area (Å²) in [4.78, 5) is 26.1. The summed E-state index contributed by atoms with van der Waals surface area (Å²) in [7, 11) is 1.67. The van der Waals surface area contributed by atoms with Gasteiger partial charge in [-0.3, -0.25) is 19.4 Å². The zero-order valence-corrected chi connectivity index (χ0v) is 12.4. The van der Waals surface area contributed by atoms with Gasteiger partial charge in [0.2, 0.25) is 11.8 Å². The van der Waals surface area contributed by atoms with Gasteiger partial charge in [0.1, 0.15) is 0 Å². The third kappa shape index (κ3) is 3.19. The quantitative estimate of drug-likeness (QED) is 0.575. The van der Waals surface area contributed by atoms with Crippen LogP contribution in [0.1, 0.15) is 6.92 Å². The van der Waals surface area contributed by atoms with E-state index >= 15 is 0 Å². The van der Waals surface area contributed by atoms with Gasteiger partial charge < -0.3 is 0 Å². The number of amides is 2. The molecule has 2 amide bonds. The van der Waals surface area contributed by atoms with Gasteiger partial charge in [0.25, 0.3) is 0 Å². The van der Waals surface area contributed by atoms with Crippen LogP contribution in [0.2, 0.25) is 0 Å². The monoisotopic (exact) mass is 298 g/mol. The van der Waals surface area contributed by atoms with E-state index in [4.69, 9.17) is 0 Å². The number of thioether (sulfide) groups is 2. The molecule has 102 valence electrons. The van der Waals surface area contributed by atoms with Gasteiger partial charge in [-0.1, -0.05) is 35.7 Å². The Labute approximate surface area is 120 Å². The SMILES string of the molecule is C=C(C)CN1C(=O)CS/C1=N/N=C1/SCC(=O)N1C. The minimum Gasteiger partial charge on any atom is -0.292 e. The van der Waals surface area contributed by atoms with Crippen LogP contribution in [0.4, 0.5) is 0 Å².